The number of ether oxygens (including phenoxy) is 1. The summed E-state index contributed by atoms with van der Waals surface area (Å²) in [5.41, 5.74) is 0.327. The van der Waals surface area contributed by atoms with Crippen LogP contribution in [0.5, 0.6) is 0 Å². The molecule has 0 radical (unpaired) electrons. The Hall–Kier alpha value is -0.410. The number of hydrogen-bond acceptors (Lipinski definition) is 3. The molecule has 1 saturated carbocycles. The zero-order valence-corrected chi connectivity index (χ0v) is 13.4. The molecule has 2 unspecified atom stereocenters. The SMILES string of the molecule is COCCCN(C)CC1CC(C(C)(C)C)CCC1=O. The van der Waals surface area contributed by atoms with Gasteiger partial charge < -0.3 is 9.64 Å². The molecule has 0 spiro atoms. The lowest BCUT2D eigenvalue weighted by atomic mass is 9.68. The average Bonchev–Trinajstić information content (AvgIpc) is 2.31. The van der Waals surface area contributed by atoms with Crippen LogP contribution in [-0.4, -0.2) is 44.5 Å². The Morgan fingerprint density at radius 3 is 2.63 bits per heavy atom. The van der Waals surface area contributed by atoms with Gasteiger partial charge in [-0.15, -0.1) is 0 Å². The summed E-state index contributed by atoms with van der Waals surface area (Å²) in [6, 6.07) is 0. The normalized spacial score (nSPS) is 25.1. The van der Waals surface area contributed by atoms with E-state index < -0.39 is 0 Å². The number of carbonyl (C=O) groups excluding carboxylic acids is 1. The fraction of sp³-hybridized carbons (Fsp3) is 0.938. The van der Waals surface area contributed by atoms with E-state index in [1.165, 1.54) is 0 Å². The minimum absolute atomic E-state index is 0.241. The quantitative estimate of drug-likeness (QED) is 0.694. The molecule has 0 aromatic carbocycles. The Morgan fingerprint density at radius 2 is 2.05 bits per heavy atom. The van der Waals surface area contributed by atoms with Crippen LogP contribution in [0, 0.1) is 17.3 Å². The molecule has 0 aromatic rings. The number of hydrogen-bond donors (Lipinski definition) is 0. The van der Waals surface area contributed by atoms with Gasteiger partial charge in [0, 0.05) is 39.1 Å². The van der Waals surface area contributed by atoms with E-state index in [0.717, 1.165) is 45.4 Å². The number of rotatable bonds is 6. The fourth-order valence-corrected chi connectivity index (χ4v) is 3.02. The molecule has 1 aliphatic carbocycles. The molecule has 19 heavy (non-hydrogen) atoms. The Balaban J connectivity index is 2.44. The van der Waals surface area contributed by atoms with Crippen molar-refractivity contribution in [2.45, 2.75) is 46.5 Å². The third-order valence-electron chi connectivity index (χ3n) is 4.41. The van der Waals surface area contributed by atoms with E-state index in [4.69, 9.17) is 4.74 Å². The molecule has 1 fully saturated rings. The van der Waals surface area contributed by atoms with Crippen molar-refractivity contribution in [1.29, 1.82) is 0 Å². The molecule has 0 amide bonds. The molecular formula is C16H31NO2. The highest BCUT2D eigenvalue weighted by Crippen LogP contribution is 2.39. The monoisotopic (exact) mass is 269 g/mol. The predicted octanol–water partition coefficient (Wildman–Crippen LogP) is 2.99. The van der Waals surface area contributed by atoms with Crippen molar-refractivity contribution in [1.82, 2.24) is 4.90 Å². The summed E-state index contributed by atoms with van der Waals surface area (Å²) in [5.74, 6) is 1.40. The van der Waals surface area contributed by atoms with E-state index in [-0.39, 0.29) is 5.92 Å². The highest BCUT2D eigenvalue weighted by atomic mass is 16.5. The first-order valence-corrected chi connectivity index (χ1v) is 7.54. The van der Waals surface area contributed by atoms with Gasteiger partial charge in [0.05, 0.1) is 0 Å². The second-order valence-electron chi connectivity index (χ2n) is 7.11. The molecule has 112 valence electrons. The third kappa shape index (κ3) is 5.62. The molecule has 3 heteroatoms. The van der Waals surface area contributed by atoms with E-state index in [1.807, 2.05) is 0 Å². The van der Waals surface area contributed by atoms with Crippen LogP contribution < -0.4 is 0 Å². The molecule has 1 rings (SSSR count). The molecule has 0 N–H and O–H groups in total. The molecule has 0 aliphatic heterocycles. The van der Waals surface area contributed by atoms with Crippen molar-refractivity contribution in [3.05, 3.63) is 0 Å². The van der Waals surface area contributed by atoms with E-state index in [1.54, 1.807) is 7.11 Å². The van der Waals surface area contributed by atoms with Crippen molar-refractivity contribution in [2.24, 2.45) is 17.3 Å². The van der Waals surface area contributed by atoms with Crippen molar-refractivity contribution < 1.29 is 9.53 Å². The summed E-state index contributed by atoms with van der Waals surface area (Å²) in [4.78, 5) is 14.4. The van der Waals surface area contributed by atoms with Gasteiger partial charge in [0.25, 0.3) is 0 Å². The number of methoxy groups -OCH3 is 1. The van der Waals surface area contributed by atoms with Crippen molar-refractivity contribution in [3.63, 3.8) is 0 Å². The maximum Gasteiger partial charge on any atom is 0.137 e. The lowest BCUT2D eigenvalue weighted by Crippen LogP contribution is -2.38. The maximum absolute atomic E-state index is 12.1. The summed E-state index contributed by atoms with van der Waals surface area (Å²) in [5, 5.41) is 0. The number of carbonyl (C=O) groups is 1. The minimum atomic E-state index is 0.241. The van der Waals surface area contributed by atoms with E-state index in [0.29, 0.717) is 17.1 Å². The Labute approximate surface area is 118 Å². The molecular weight excluding hydrogens is 238 g/mol. The van der Waals surface area contributed by atoms with Crippen LogP contribution in [0.2, 0.25) is 0 Å². The highest BCUT2D eigenvalue weighted by Gasteiger charge is 2.35. The van der Waals surface area contributed by atoms with Crippen molar-refractivity contribution in [3.8, 4) is 0 Å². The molecule has 0 saturated heterocycles. The first kappa shape index (κ1) is 16.6. The van der Waals surface area contributed by atoms with Crippen molar-refractivity contribution in [2.75, 3.05) is 33.9 Å². The van der Waals surface area contributed by atoms with Gasteiger partial charge in [-0.3, -0.25) is 4.79 Å². The number of ketones is 1. The van der Waals surface area contributed by atoms with Crippen LogP contribution in [-0.2, 0) is 9.53 Å². The number of nitrogens with zero attached hydrogens (tertiary/aromatic N) is 1. The Bertz CT molecular complexity index is 283. The smallest absolute Gasteiger partial charge is 0.137 e. The second kappa shape index (κ2) is 7.39. The average molecular weight is 269 g/mol. The topological polar surface area (TPSA) is 29.5 Å². The van der Waals surface area contributed by atoms with Gasteiger partial charge in [-0.05, 0) is 37.6 Å². The van der Waals surface area contributed by atoms with Crippen LogP contribution in [0.1, 0.15) is 46.5 Å². The van der Waals surface area contributed by atoms with E-state index in [9.17, 15) is 4.79 Å². The second-order valence-corrected chi connectivity index (χ2v) is 7.11. The maximum atomic E-state index is 12.1. The number of Topliss-reactive ketones (excluding diaryl/α,β-unsaturated/α-hetero) is 1. The lowest BCUT2D eigenvalue weighted by molar-refractivity contribution is -0.127. The summed E-state index contributed by atoms with van der Waals surface area (Å²) < 4.78 is 5.07. The molecule has 0 bridgehead atoms. The summed E-state index contributed by atoms with van der Waals surface area (Å²) >= 11 is 0. The van der Waals surface area contributed by atoms with Crippen LogP contribution >= 0.6 is 0 Å². The van der Waals surface area contributed by atoms with Crippen LogP contribution in [0.15, 0.2) is 0 Å². The van der Waals surface area contributed by atoms with Gasteiger partial charge in [-0.25, -0.2) is 0 Å². The first-order chi connectivity index (χ1) is 8.84. The standard InChI is InChI=1S/C16H31NO2/c1-16(2,3)14-7-8-15(18)13(11-14)12-17(4)9-6-10-19-5/h13-14H,6-12H2,1-5H3. The summed E-state index contributed by atoms with van der Waals surface area (Å²) in [6.07, 6.45) is 3.96. The van der Waals surface area contributed by atoms with Gasteiger partial charge in [0.15, 0.2) is 0 Å². The molecule has 3 nitrogen and oxygen atoms in total. The largest absolute Gasteiger partial charge is 0.385 e. The van der Waals surface area contributed by atoms with Gasteiger partial charge in [-0.1, -0.05) is 20.8 Å². The third-order valence-corrected chi connectivity index (χ3v) is 4.41. The summed E-state index contributed by atoms with van der Waals surface area (Å²) in [6.45, 7) is 9.62. The van der Waals surface area contributed by atoms with Crippen LogP contribution in [0.3, 0.4) is 0 Å². The lowest BCUT2D eigenvalue weighted by Gasteiger charge is -2.38. The zero-order chi connectivity index (χ0) is 14.5. The van der Waals surface area contributed by atoms with Crippen LogP contribution in [0.25, 0.3) is 0 Å². The van der Waals surface area contributed by atoms with Gasteiger partial charge in [0.2, 0.25) is 0 Å². The highest BCUT2D eigenvalue weighted by molar-refractivity contribution is 5.82. The molecule has 0 heterocycles. The van der Waals surface area contributed by atoms with E-state index in [2.05, 4.69) is 32.7 Å². The zero-order valence-electron chi connectivity index (χ0n) is 13.4. The molecule has 1 aliphatic rings. The van der Waals surface area contributed by atoms with E-state index >= 15 is 0 Å². The molecule has 0 aromatic heterocycles. The Kier molecular flexibility index (Phi) is 6.48. The fourth-order valence-electron chi connectivity index (χ4n) is 3.02. The first-order valence-electron chi connectivity index (χ1n) is 7.54. The molecule has 2 atom stereocenters. The van der Waals surface area contributed by atoms with Crippen molar-refractivity contribution >= 4 is 5.78 Å². The van der Waals surface area contributed by atoms with Crippen LogP contribution in [0.4, 0.5) is 0 Å². The Morgan fingerprint density at radius 1 is 1.37 bits per heavy atom. The minimum Gasteiger partial charge on any atom is -0.385 e. The van der Waals surface area contributed by atoms with Gasteiger partial charge >= 0.3 is 0 Å². The predicted molar refractivity (Wildman–Crippen MR) is 79.3 cm³/mol. The van der Waals surface area contributed by atoms with Gasteiger partial charge in [-0.2, -0.15) is 0 Å². The summed E-state index contributed by atoms with van der Waals surface area (Å²) in [7, 11) is 3.85. The van der Waals surface area contributed by atoms with Gasteiger partial charge in [0.1, 0.15) is 5.78 Å².